The van der Waals surface area contributed by atoms with Crippen LogP contribution in [0.25, 0.3) is 0 Å². The van der Waals surface area contributed by atoms with Gasteiger partial charge in [-0.25, -0.2) is 9.97 Å². The summed E-state index contributed by atoms with van der Waals surface area (Å²) in [5.41, 5.74) is 2.49. The van der Waals surface area contributed by atoms with Crippen molar-refractivity contribution in [2.24, 2.45) is 11.8 Å². The van der Waals surface area contributed by atoms with E-state index in [-0.39, 0.29) is 23.9 Å². The van der Waals surface area contributed by atoms with Crippen molar-refractivity contribution in [3.8, 4) is 6.07 Å². The van der Waals surface area contributed by atoms with Gasteiger partial charge in [0.05, 0.1) is 24.0 Å². The smallest absolute Gasteiger partial charge is 0.224 e. The van der Waals surface area contributed by atoms with E-state index in [0.29, 0.717) is 17.4 Å². The molecule has 1 aromatic heterocycles. The third-order valence-electron chi connectivity index (χ3n) is 5.40. The molecule has 1 N–H and O–H groups in total. The number of nitriles is 1. The van der Waals surface area contributed by atoms with Crippen molar-refractivity contribution < 1.29 is 4.79 Å². The average molecular weight is 347 g/mol. The van der Waals surface area contributed by atoms with Crippen LogP contribution in [0.3, 0.4) is 0 Å². The Hall–Kier alpha value is -2.94. The first-order chi connectivity index (χ1) is 12.6. The molecule has 4 rings (SSSR count). The second-order valence-electron chi connectivity index (χ2n) is 7.16. The molecule has 1 saturated carbocycles. The third-order valence-corrected chi connectivity index (χ3v) is 5.40. The van der Waals surface area contributed by atoms with Gasteiger partial charge in [0.1, 0.15) is 6.07 Å². The number of rotatable bonds is 3. The van der Waals surface area contributed by atoms with Gasteiger partial charge in [0, 0.05) is 24.6 Å². The number of carbonyl (C=O) groups excluding carboxylic acids is 1. The summed E-state index contributed by atoms with van der Waals surface area (Å²) in [6.07, 6.45) is 5.38. The van der Waals surface area contributed by atoms with E-state index in [1.807, 2.05) is 29.2 Å². The largest absolute Gasteiger partial charge is 0.347 e. The maximum absolute atomic E-state index is 12.4. The second-order valence-corrected chi connectivity index (χ2v) is 7.16. The molecular formula is C20H21N5O. The first kappa shape index (κ1) is 16.5. The van der Waals surface area contributed by atoms with Crippen LogP contribution in [0.15, 0.2) is 36.7 Å². The Kier molecular flexibility index (Phi) is 4.08. The van der Waals surface area contributed by atoms with Gasteiger partial charge in [-0.15, -0.1) is 0 Å². The molecule has 0 spiro atoms. The molecule has 6 heteroatoms. The van der Waals surface area contributed by atoms with Crippen LogP contribution in [0, 0.1) is 23.2 Å². The number of para-hydroxylation sites is 1. The maximum Gasteiger partial charge on any atom is 0.224 e. The van der Waals surface area contributed by atoms with Gasteiger partial charge in [0.2, 0.25) is 11.9 Å². The number of amides is 1. The molecule has 0 bridgehead atoms. The predicted octanol–water partition coefficient (Wildman–Crippen LogP) is 3.28. The SMILES string of the molecule is CC(=O)N1c2ccccc2[C@H](Nc2ncc(C#N)cn2)[C@@H](C)[C@@H]1C1CC1. The highest BCUT2D eigenvalue weighted by molar-refractivity contribution is 5.94. The van der Waals surface area contributed by atoms with Gasteiger partial charge in [-0.05, 0) is 30.4 Å². The Balaban J connectivity index is 1.74. The summed E-state index contributed by atoms with van der Waals surface area (Å²) in [6, 6.07) is 10.3. The average Bonchev–Trinajstić information content (AvgIpc) is 3.48. The van der Waals surface area contributed by atoms with E-state index >= 15 is 0 Å². The van der Waals surface area contributed by atoms with Crippen LogP contribution in [0.4, 0.5) is 11.6 Å². The van der Waals surface area contributed by atoms with Crippen LogP contribution in [0.1, 0.15) is 43.9 Å². The predicted molar refractivity (Wildman–Crippen MR) is 98.4 cm³/mol. The first-order valence-electron chi connectivity index (χ1n) is 8.97. The molecule has 2 aliphatic rings. The van der Waals surface area contributed by atoms with Gasteiger partial charge in [-0.3, -0.25) is 4.79 Å². The first-order valence-corrected chi connectivity index (χ1v) is 8.97. The van der Waals surface area contributed by atoms with Crippen molar-refractivity contribution in [2.45, 2.75) is 38.8 Å². The summed E-state index contributed by atoms with van der Waals surface area (Å²) >= 11 is 0. The summed E-state index contributed by atoms with van der Waals surface area (Å²) in [7, 11) is 0. The fraction of sp³-hybridized carbons (Fsp3) is 0.400. The number of aromatic nitrogens is 2. The summed E-state index contributed by atoms with van der Waals surface area (Å²) in [5.74, 6) is 1.37. The van der Waals surface area contributed by atoms with E-state index in [4.69, 9.17) is 5.26 Å². The highest BCUT2D eigenvalue weighted by Gasteiger charge is 2.47. The Labute approximate surface area is 152 Å². The standard InChI is InChI=1S/C20H21N5O/c1-12-18(24-20-22-10-14(9-21)11-23-20)16-5-3-4-6-17(16)25(13(2)26)19(12)15-7-8-15/h3-6,10-12,15,18-19H,7-8H2,1-2H3,(H,22,23,24)/t12-,18-,19-/m1/s1. The Bertz CT molecular complexity index is 869. The van der Waals surface area contributed by atoms with Crippen LogP contribution >= 0.6 is 0 Å². The Morgan fingerprint density at radius 3 is 2.58 bits per heavy atom. The third kappa shape index (κ3) is 2.80. The van der Waals surface area contributed by atoms with E-state index < -0.39 is 0 Å². The molecular weight excluding hydrogens is 326 g/mol. The molecule has 1 aromatic carbocycles. The zero-order valence-electron chi connectivity index (χ0n) is 14.9. The highest BCUT2D eigenvalue weighted by atomic mass is 16.2. The number of nitrogens with zero attached hydrogens (tertiary/aromatic N) is 4. The quantitative estimate of drug-likeness (QED) is 0.921. The summed E-state index contributed by atoms with van der Waals surface area (Å²) in [6.45, 7) is 3.84. The highest BCUT2D eigenvalue weighted by Crippen LogP contribution is 2.49. The van der Waals surface area contributed by atoms with E-state index in [2.05, 4.69) is 28.3 Å². The summed E-state index contributed by atoms with van der Waals surface area (Å²) < 4.78 is 0. The number of fused-ring (bicyclic) bond motifs is 1. The zero-order valence-corrected chi connectivity index (χ0v) is 14.9. The van der Waals surface area contributed by atoms with Crippen LogP contribution in [-0.4, -0.2) is 21.9 Å². The number of hydrogen-bond acceptors (Lipinski definition) is 5. The molecule has 26 heavy (non-hydrogen) atoms. The number of benzene rings is 1. The minimum Gasteiger partial charge on any atom is -0.347 e. The lowest BCUT2D eigenvalue weighted by molar-refractivity contribution is -0.117. The van der Waals surface area contributed by atoms with Gasteiger partial charge in [0.25, 0.3) is 0 Å². The van der Waals surface area contributed by atoms with Crippen LogP contribution in [0.5, 0.6) is 0 Å². The lowest BCUT2D eigenvalue weighted by Crippen LogP contribution is -2.51. The molecule has 1 aliphatic heterocycles. The van der Waals surface area contributed by atoms with Gasteiger partial charge in [-0.2, -0.15) is 5.26 Å². The molecule has 0 saturated heterocycles. The molecule has 1 fully saturated rings. The molecule has 2 heterocycles. The molecule has 2 aromatic rings. The van der Waals surface area contributed by atoms with Gasteiger partial charge >= 0.3 is 0 Å². The zero-order chi connectivity index (χ0) is 18.3. The van der Waals surface area contributed by atoms with E-state index in [9.17, 15) is 4.79 Å². The molecule has 0 radical (unpaired) electrons. The fourth-order valence-electron chi connectivity index (χ4n) is 4.11. The van der Waals surface area contributed by atoms with Crippen molar-refractivity contribution >= 4 is 17.5 Å². The van der Waals surface area contributed by atoms with Gasteiger partial charge in [-0.1, -0.05) is 25.1 Å². The second kappa shape index (κ2) is 6.41. The Morgan fingerprint density at radius 1 is 1.27 bits per heavy atom. The van der Waals surface area contributed by atoms with Crippen molar-refractivity contribution in [3.05, 3.63) is 47.8 Å². The van der Waals surface area contributed by atoms with Gasteiger partial charge < -0.3 is 10.2 Å². The van der Waals surface area contributed by atoms with Crippen LogP contribution < -0.4 is 10.2 Å². The molecule has 6 nitrogen and oxygen atoms in total. The topological polar surface area (TPSA) is 81.9 Å². The number of nitrogens with one attached hydrogen (secondary N) is 1. The van der Waals surface area contributed by atoms with E-state index in [1.54, 1.807) is 6.92 Å². The van der Waals surface area contributed by atoms with Gasteiger partial charge in [0.15, 0.2) is 0 Å². The van der Waals surface area contributed by atoms with Crippen LogP contribution in [-0.2, 0) is 4.79 Å². The van der Waals surface area contributed by atoms with Crippen molar-refractivity contribution in [2.75, 3.05) is 10.2 Å². The lowest BCUT2D eigenvalue weighted by atomic mass is 9.80. The number of carbonyl (C=O) groups is 1. The lowest BCUT2D eigenvalue weighted by Gasteiger charge is -2.45. The van der Waals surface area contributed by atoms with E-state index in [0.717, 1.165) is 11.3 Å². The van der Waals surface area contributed by atoms with Crippen molar-refractivity contribution in [3.63, 3.8) is 0 Å². The molecule has 132 valence electrons. The molecule has 3 atom stereocenters. The van der Waals surface area contributed by atoms with Crippen molar-refractivity contribution in [1.29, 1.82) is 5.26 Å². The van der Waals surface area contributed by atoms with Crippen LogP contribution in [0.2, 0.25) is 0 Å². The minimum atomic E-state index is 0.0142. The summed E-state index contributed by atoms with van der Waals surface area (Å²) in [5, 5.41) is 12.4. The Morgan fingerprint density at radius 2 is 1.96 bits per heavy atom. The normalized spacial score (nSPS) is 24.5. The monoisotopic (exact) mass is 347 g/mol. The summed E-state index contributed by atoms with van der Waals surface area (Å²) in [4.78, 5) is 22.9. The van der Waals surface area contributed by atoms with Crippen molar-refractivity contribution in [1.82, 2.24) is 9.97 Å². The molecule has 0 unspecified atom stereocenters. The fourth-order valence-corrected chi connectivity index (χ4v) is 4.11. The maximum atomic E-state index is 12.4. The molecule has 1 aliphatic carbocycles. The van der Waals surface area contributed by atoms with E-state index in [1.165, 1.54) is 25.2 Å². The minimum absolute atomic E-state index is 0.0142. The number of hydrogen-bond donors (Lipinski definition) is 1. The number of anilines is 2. The molecule has 1 amide bonds.